The lowest BCUT2D eigenvalue weighted by Gasteiger charge is -2.24. The third-order valence-electron chi connectivity index (χ3n) is 3.53. The van der Waals surface area contributed by atoms with Gasteiger partial charge in [-0.05, 0) is 37.5 Å². The normalized spacial score (nSPS) is 22.6. The number of benzene rings is 1. The molecule has 1 N–H and O–H groups in total. The summed E-state index contributed by atoms with van der Waals surface area (Å²) in [5.41, 5.74) is 1.03. The molecule has 0 saturated carbocycles. The Bertz CT molecular complexity index is 467. The average Bonchev–Trinajstić information content (AvgIpc) is 2.71. The molecule has 1 aliphatic heterocycles. The van der Waals surface area contributed by atoms with E-state index in [-0.39, 0.29) is 18.1 Å². The fraction of sp³-hybridized carbons (Fsp3) is 0.533. The Morgan fingerprint density at radius 2 is 2.20 bits per heavy atom. The number of nitrogens with one attached hydrogen (secondary N) is 1. The number of ether oxygens (including phenoxy) is 1. The van der Waals surface area contributed by atoms with Crippen molar-refractivity contribution in [3.63, 3.8) is 0 Å². The number of carbonyl (C=O) groups excluding carboxylic acids is 1. The first-order valence-electron chi connectivity index (χ1n) is 6.94. The Balaban J connectivity index is 2.07. The first-order valence-corrected chi connectivity index (χ1v) is 7.32. The average molecular weight is 297 g/mol. The quantitative estimate of drug-likeness (QED) is 0.821. The van der Waals surface area contributed by atoms with E-state index >= 15 is 0 Å². The molecule has 1 heterocycles. The lowest BCUT2D eigenvalue weighted by Crippen LogP contribution is -2.31. The Morgan fingerprint density at radius 3 is 2.90 bits per heavy atom. The van der Waals surface area contributed by atoms with Crippen molar-refractivity contribution in [2.75, 3.05) is 20.3 Å². The number of carbonyl (C=O) groups is 1. The van der Waals surface area contributed by atoms with E-state index < -0.39 is 0 Å². The second-order valence-corrected chi connectivity index (χ2v) is 5.51. The van der Waals surface area contributed by atoms with Crippen molar-refractivity contribution in [3.8, 4) is 0 Å². The maximum atomic E-state index is 12.2. The van der Waals surface area contributed by atoms with Crippen LogP contribution in [0.15, 0.2) is 24.3 Å². The zero-order valence-electron chi connectivity index (χ0n) is 11.9. The topological polar surface area (TPSA) is 41.6 Å². The molecule has 1 aromatic rings. The summed E-state index contributed by atoms with van der Waals surface area (Å²) in [6.07, 6.45) is 1.81. The monoisotopic (exact) mass is 296 g/mol. The van der Waals surface area contributed by atoms with Gasteiger partial charge in [0, 0.05) is 25.3 Å². The summed E-state index contributed by atoms with van der Waals surface area (Å²) in [5.74, 6) is 0.146. The van der Waals surface area contributed by atoms with Crippen LogP contribution in [-0.4, -0.2) is 37.1 Å². The molecule has 1 amide bonds. The lowest BCUT2D eigenvalue weighted by atomic mass is 10.1. The number of rotatable bonds is 6. The van der Waals surface area contributed by atoms with Crippen molar-refractivity contribution in [1.29, 1.82) is 0 Å². The highest BCUT2D eigenvalue weighted by atomic mass is 35.5. The number of nitrogens with zero attached hydrogens (tertiary/aromatic N) is 1. The van der Waals surface area contributed by atoms with Gasteiger partial charge in [0.15, 0.2) is 0 Å². The maximum Gasteiger partial charge on any atom is 0.241 e. The summed E-state index contributed by atoms with van der Waals surface area (Å²) in [4.78, 5) is 14.1. The molecule has 110 valence electrons. The van der Waals surface area contributed by atoms with Gasteiger partial charge in [0.2, 0.25) is 5.91 Å². The van der Waals surface area contributed by atoms with Crippen molar-refractivity contribution in [1.82, 2.24) is 10.2 Å². The Labute approximate surface area is 125 Å². The van der Waals surface area contributed by atoms with Crippen LogP contribution < -0.4 is 5.32 Å². The number of hydrogen-bond acceptors (Lipinski definition) is 3. The fourth-order valence-electron chi connectivity index (χ4n) is 2.49. The fourth-order valence-corrected chi connectivity index (χ4v) is 2.69. The van der Waals surface area contributed by atoms with Crippen molar-refractivity contribution >= 4 is 17.5 Å². The van der Waals surface area contributed by atoms with Crippen LogP contribution in [0.1, 0.15) is 31.5 Å². The van der Waals surface area contributed by atoms with E-state index in [1.165, 1.54) is 0 Å². The molecule has 0 bridgehead atoms. The SMILES string of the molecule is COCCCCN1C(=O)C(C)NC1c1cccc(Cl)c1. The van der Waals surface area contributed by atoms with Crippen molar-refractivity contribution in [2.24, 2.45) is 0 Å². The molecule has 1 aromatic carbocycles. The number of hydrogen-bond donors (Lipinski definition) is 1. The number of unbranched alkanes of at least 4 members (excludes halogenated alkanes) is 1. The molecule has 0 aliphatic carbocycles. The van der Waals surface area contributed by atoms with Crippen molar-refractivity contribution < 1.29 is 9.53 Å². The highest BCUT2D eigenvalue weighted by Crippen LogP contribution is 2.27. The van der Waals surface area contributed by atoms with Crippen LogP contribution in [0.4, 0.5) is 0 Å². The van der Waals surface area contributed by atoms with E-state index in [0.29, 0.717) is 5.02 Å². The van der Waals surface area contributed by atoms with Gasteiger partial charge < -0.3 is 9.64 Å². The maximum absolute atomic E-state index is 12.2. The molecular weight excluding hydrogens is 276 g/mol. The number of halogens is 1. The highest BCUT2D eigenvalue weighted by Gasteiger charge is 2.36. The zero-order chi connectivity index (χ0) is 14.5. The molecule has 20 heavy (non-hydrogen) atoms. The minimum Gasteiger partial charge on any atom is -0.385 e. The standard InChI is InChI=1S/C15H21ClN2O2/c1-11-15(19)18(8-3-4-9-20-2)14(17-11)12-6-5-7-13(16)10-12/h5-7,10-11,14,17H,3-4,8-9H2,1-2H3. The Kier molecular flexibility index (Phi) is 5.40. The largest absolute Gasteiger partial charge is 0.385 e. The molecule has 0 radical (unpaired) electrons. The van der Waals surface area contributed by atoms with Gasteiger partial charge in [-0.25, -0.2) is 0 Å². The number of amides is 1. The van der Waals surface area contributed by atoms with Crippen LogP contribution in [-0.2, 0) is 9.53 Å². The number of methoxy groups -OCH3 is 1. The summed E-state index contributed by atoms with van der Waals surface area (Å²) < 4.78 is 5.05. The van der Waals surface area contributed by atoms with Crippen LogP contribution in [0.3, 0.4) is 0 Å². The molecule has 2 atom stereocenters. The Morgan fingerprint density at radius 1 is 1.40 bits per heavy atom. The molecule has 5 heteroatoms. The Hall–Kier alpha value is -1.10. The summed E-state index contributed by atoms with van der Waals surface area (Å²) in [7, 11) is 1.69. The predicted octanol–water partition coefficient (Wildman–Crippen LogP) is 2.59. The third-order valence-corrected chi connectivity index (χ3v) is 3.77. The molecule has 1 aliphatic rings. The van der Waals surface area contributed by atoms with Gasteiger partial charge in [0.1, 0.15) is 6.17 Å². The van der Waals surface area contributed by atoms with Crippen molar-refractivity contribution in [3.05, 3.63) is 34.9 Å². The first-order chi connectivity index (χ1) is 9.63. The first kappa shape index (κ1) is 15.3. The lowest BCUT2D eigenvalue weighted by molar-refractivity contribution is -0.129. The minimum absolute atomic E-state index is 0.0845. The van der Waals surface area contributed by atoms with E-state index in [2.05, 4.69) is 5.32 Å². The van der Waals surface area contributed by atoms with E-state index in [1.807, 2.05) is 36.1 Å². The van der Waals surface area contributed by atoms with E-state index in [9.17, 15) is 4.79 Å². The van der Waals surface area contributed by atoms with Gasteiger partial charge in [-0.3, -0.25) is 10.1 Å². The molecule has 2 rings (SSSR count). The molecule has 2 unspecified atom stereocenters. The summed E-state index contributed by atoms with van der Waals surface area (Å²) in [6, 6.07) is 7.51. The van der Waals surface area contributed by atoms with Gasteiger partial charge in [-0.15, -0.1) is 0 Å². The van der Waals surface area contributed by atoms with Crippen molar-refractivity contribution in [2.45, 2.75) is 32.0 Å². The third kappa shape index (κ3) is 3.51. The van der Waals surface area contributed by atoms with Crippen LogP contribution in [0.5, 0.6) is 0 Å². The highest BCUT2D eigenvalue weighted by molar-refractivity contribution is 6.30. The smallest absolute Gasteiger partial charge is 0.241 e. The summed E-state index contributed by atoms with van der Waals surface area (Å²) >= 11 is 6.04. The predicted molar refractivity (Wildman–Crippen MR) is 79.6 cm³/mol. The van der Waals surface area contributed by atoms with Crippen LogP contribution in [0, 0.1) is 0 Å². The van der Waals surface area contributed by atoms with Crippen LogP contribution >= 0.6 is 11.6 Å². The summed E-state index contributed by atoms with van der Waals surface area (Å²) in [5, 5.41) is 4.01. The van der Waals surface area contributed by atoms with Crippen LogP contribution in [0.2, 0.25) is 5.02 Å². The van der Waals surface area contributed by atoms with E-state index in [4.69, 9.17) is 16.3 Å². The van der Waals surface area contributed by atoms with Gasteiger partial charge in [-0.2, -0.15) is 0 Å². The van der Waals surface area contributed by atoms with E-state index in [0.717, 1.165) is 31.6 Å². The van der Waals surface area contributed by atoms with E-state index in [1.54, 1.807) is 7.11 Å². The molecular formula is C15H21ClN2O2. The minimum atomic E-state index is -0.151. The molecule has 0 aromatic heterocycles. The van der Waals surface area contributed by atoms with Gasteiger partial charge in [0.05, 0.1) is 6.04 Å². The molecule has 1 saturated heterocycles. The van der Waals surface area contributed by atoms with Gasteiger partial charge in [0.25, 0.3) is 0 Å². The summed E-state index contributed by atoms with van der Waals surface area (Å²) in [6.45, 7) is 3.36. The van der Waals surface area contributed by atoms with Gasteiger partial charge in [-0.1, -0.05) is 23.7 Å². The van der Waals surface area contributed by atoms with Gasteiger partial charge >= 0.3 is 0 Å². The second-order valence-electron chi connectivity index (χ2n) is 5.08. The van der Waals surface area contributed by atoms with Crippen LogP contribution in [0.25, 0.3) is 0 Å². The zero-order valence-corrected chi connectivity index (χ0v) is 12.7. The molecule has 0 spiro atoms. The second kappa shape index (κ2) is 7.07. The molecule has 1 fully saturated rings. The molecule has 4 nitrogen and oxygen atoms in total.